The van der Waals surface area contributed by atoms with Gasteiger partial charge in [0.25, 0.3) is 0 Å². The van der Waals surface area contributed by atoms with Crippen LogP contribution in [0, 0.1) is 0 Å². The fourth-order valence-corrected chi connectivity index (χ4v) is 4.37. The summed E-state index contributed by atoms with van der Waals surface area (Å²) in [6.07, 6.45) is 2.43. The lowest BCUT2D eigenvalue weighted by Crippen LogP contribution is -2.48. The topological polar surface area (TPSA) is 31.8 Å². The predicted octanol–water partition coefficient (Wildman–Crippen LogP) is 1.50. The van der Waals surface area contributed by atoms with Crippen molar-refractivity contribution in [1.29, 1.82) is 0 Å². The van der Waals surface area contributed by atoms with Crippen molar-refractivity contribution >= 4 is 16.5 Å². The van der Waals surface area contributed by atoms with E-state index in [0.717, 1.165) is 51.0 Å². The molecular formula is C15H26N4OS. The molecule has 0 N–H and O–H groups in total. The van der Waals surface area contributed by atoms with Gasteiger partial charge in [0.15, 0.2) is 5.13 Å². The number of ether oxygens (including phenoxy) is 1. The molecule has 2 atom stereocenters. The second-order valence-corrected chi connectivity index (χ2v) is 7.03. The van der Waals surface area contributed by atoms with Crippen LogP contribution in [0.2, 0.25) is 0 Å². The number of likely N-dealkylation sites (N-methyl/N-ethyl adjacent to an activating group) is 1. The van der Waals surface area contributed by atoms with E-state index in [0.29, 0.717) is 12.1 Å². The minimum Gasteiger partial charge on any atom is -0.374 e. The first-order chi connectivity index (χ1) is 10.2. The number of rotatable bonds is 5. The van der Waals surface area contributed by atoms with Gasteiger partial charge in [-0.2, -0.15) is 0 Å². The van der Waals surface area contributed by atoms with Crippen LogP contribution in [-0.2, 0) is 11.3 Å². The van der Waals surface area contributed by atoms with Crippen LogP contribution in [0.1, 0.15) is 18.7 Å². The molecule has 21 heavy (non-hydrogen) atoms. The first-order valence-electron chi connectivity index (χ1n) is 7.95. The maximum atomic E-state index is 5.91. The first kappa shape index (κ1) is 15.2. The molecule has 3 rings (SSSR count). The van der Waals surface area contributed by atoms with E-state index in [9.17, 15) is 0 Å². The zero-order chi connectivity index (χ0) is 14.8. The molecule has 2 fully saturated rings. The third-order valence-corrected chi connectivity index (χ3v) is 5.65. The van der Waals surface area contributed by atoms with Crippen molar-refractivity contribution in [2.45, 2.75) is 32.5 Å². The molecule has 0 bridgehead atoms. The average molecular weight is 310 g/mol. The number of hydrogen-bond acceptors (Lipinski definition) is 6. The molecule has 0 saturated carbocycles. The van der Waals surface area contributed by atoms with Crippen LogP contribution in [0.3, 0.4) is 0 Å². The van der Waals surface area contributed by atoms with E-state index in [1.165, 1.54) is 4.88 Å². The van der Waals surface area contributed by atoms with Crippen molar-refractivity contribution < 1.29 is 4.74 Å². The summed E-state index contributed by atoms with van der Waals surface area (Å²) >= 11 is 1.83. The molecule has 118 valence electrons. The highest BCUT2D eigenvalue weighted by Crippen LogP contribution is 2.27. The lowest BCUT2D eigenvalue weighted by molar-refractivity contribution is -0.0370. The molecule has 0 amide bonds. The van der Waals surface area contributed by atoms with E-state index in [-0.39, 0.29) is 0 Å². The number of aromatic nitrogens is 1. The van der Waals surface area contributed by atoms with Crippen LogP contribution < -0.4 is 4.90 Å². The Labute approximate surface area is 131 Å². The predicted molar refractivity (Wildman–Crippen MR) is 87.1 cm³/mol. The molecule has 0 radical (unpaired) electrons. The van der Waals surface area contributed by atoms with Gasteiger partial charge >= 0.3 is 0 Å². The van der Waals surface area contributed by atoms with Crippen LogP contribution in [0.15, 0.2) is 6.20 Å². The third-order valence-electron chi connectivity index (χ3n) is 4.61. The van der Waals surface area contributed by atoms with Crippen molar-refractivity contribution in [2.75, 3.05) is 51.3 Å². The summed E-state index contributed by atoms with van der Waals surface area (Å²) in [5.74, 6) is 0. The molecule has 1 aromatic heterocycles. The normalized spacial score (nSPS) is 27.0. The Morgan fingerprint density at radius 3 is 2.90 bits per heavy atom. The first-order valence-corrected chi connectivity index (χ1v) is 8.76. The van der Waals surface area contributed by atoms with Crippen LogP contribution in [0.4, 0.5) is 5.13 Å². The molecule has 2 aliphatic rings. The van der Waals surface area contributed by atoms with E-state index < -0.39 is 0 Å². The fraction of sp³-hybridized carbons (Fsp3) is 0.800. The Hall–Kier alpha value is -0.690. The highest BCUT2D eigenvalue weighted by atomic mass is 32.1. The number of hydrogen-bond donors (Lipinski definition) is 0. The van der Waals surface area contributed by atoms with E-state index >= 15 is 0 Å². The van der Waals surface area contributed by atoms with Gasteiger partial charge in [0, 0.05) is 56.4 Å². The molecule has 6 heteroatoms. The van der Waals surface area contributed by atoms with E-state index in [1.807, 2.05) is 17.5 Å². The van der Waals surface area contributed by atoms with Gasteiger partial charge in [-0.15, -0.1) is 11.3 Å². The zero-order valence-corrected chi connectivity index (χ0v) is 14.1. The summed E-state index contributed by atoms with van der Waals surface area (Å²) in [6.45, 7) is 11.5. The fourth-order valence-electron chi connectivity index (χ4n) is 3.29. The Bertz CT molecular complexity index is 462. The van der Waals surface area contributed by atoms with Gasteiger partial charge in [0.2, 0.25) is 0 Å². The largest absolute Gasteiger partial charge is 0.374 e. The minimum absolute atomic E-state index is 0.388. The van der Waals surface area contributed by atoms with Gasteiger partial charge in [-0.05, 0) is 20.9 Å². The lowest BCUT2D eigenvalue weighted by Gasteiger charge is -2.33. The van der Waals surface area contributed by atoms with Crippen molar-refractivity contribution in [3.63, 3.8) is 0 Å². The molecule has 0 spiro atoms. The van der Waals surface area contributed by atoms with Gasteiger partial charge in [-0.3, -0.25) is 9.80 Å². The van der Waals surface area contributed by atoms with E-state index in [2.05, 4.69) is 40.6 Å². The quantitative estimate of drug-likeness (QED) is 0.823. The van der Waals surface area contributed by atoms with Gasteiger partial charge in [-0.25, -0.2) is 4.98 Å². The van der Waals surface area contributed by atoms with E-state index in [1.54, 1.807) is 0 Å². The van der Waals surface area contributed by atoms with Crippen molar-refractivity contribution in [1.82, 2.24) is 14.8 Å². The summed E-state index contributed by atoms with van der Waals surface area (Å²) in [7, 11) is 2.22. The molecule has 1 aromatic rings. The molecule has 3 heterocycles. The van der Waals surface area contributed by atoms with Crippen LogP contribution in [0.25, 0.3) is 0 Å². The molecule has 0 aliphatic carbocycles. The Morgan fingerprint density at radius 1 is 1.38 bits per heavy atom. The maximum Gasteiger partial charge on any atom is 0.185 e. The number of fused-ring (bicyclic) bond motifs is 1. The van der Waals surface area contributed by atoms with Crippen LogP contribution in [0.5, 0.6) is 0 Å². The van der Waals surface area contributed by atoms with Gasteiger partial charge < -0.3 is 9.64 Å². The summed E-state index contributed by atoms with van der Waals surface area (Å²) in [5, 5.41) is 1.15. The molecular weight excluding hydrogens is 284 g/mol. The summed E-state index contributed by atoms with van der Waals surface area (Å²) in [5.41, 5.74) is 0. The molecule has 2 aliphatic heterocycles. The Balaban J connectivity index is 1.60. The van der Waals surface area contributed by atoms with Crippen LogP contribution >= 0.6 is 11.3 Å². The third kappa shape index (κ3) is 3.23. The van der Waals surface area contributed by atoms with Gasteiger partial charge in [0.05, 0.1) is 12.7 Å². The number of anilines is 1. The maximum absolute atomic E-state index is 5.91. The Morgan fingerprint density at radius 2 is 2.19 bits per heavy atom. The average Bonchev–Trinajstić information content (AvgIpc) is 3.08. The SMILES string of the molecule is CCN(CC)c1ncc(CN2C[C@@H]3[C@@H](C2)OCCN3C)s1. The molecule has 2 saturated heterocycles. The van der Waals surface area contributed by atoms with E-state index in [4.69, 9.17) is 4.74 Å². The highest BCUT2D eigenvalue weighted by molar-refractivity contribution is 7.15. The molecule has 0 aromatic carbocycles. The standard InChI is InChI=1S/C15H26N4OS/c1-4-19(5-2)15-16-8-12(21-15)9-18-10-13-14(11-18)20-7-6-17(13)3/h8,13-14H,4-7,9-11H2,1-3H3/t13-,14-/m1/s1. The second kappa shape index (κ2) is 6.60. The number of thiazole rings is 1. The highest BCUT2D eigenvalue weighted by Gasteiger charge is 2.38. The smallest absolute Gasteiger partial charge is 0.185 e. The summed E-state index contributed by atoms with van der Waals surface area (Å²) in [4.78, 5) is 13.2. The summed E-state index contributed by atoms with van der Waals surface area (Å²) < 4.78 is 5.91. The minimum atomic E-state index is 0.388. The van der Waals surface area contributed by atoms with Crippen molar-refractivity contribution in [3.05, 3.63) is 11.1 Å². The van der Waals surface area contributed by atoms with Gasteiger partial charge in [0.1, 0.15) is 0 Å². The van der Waals surface area contributed by atoms with Gasteiger partial charge in [-0.1, -0.05) is 0 Å². The van der Waals surface area contributed by atoms with Crippen LogP contribution in [-0.4, -0.2) is 73.3 Å². The number of likely N-dealkylation sites (tertiary alicyclic amines) is 1. The monoisotopic (exact) mass is 310 g/mol. The van der Waals surface area contributed by atoms with Crippen molar-refractivity contribution in [3.8, 4) is 0 Å². The molecule has 0 unspecified atom stereocenters. The second-order valence-electron chi connectivity index (χ2n) is 5.93. The van der Waals surface area contributed by atoms with Crippen molar-refractivity contribution in [2.24, 2.45) is 0 Å². The lowest BCUT2D eigenvalue weighted by atomic mass is 10.1. The molecule has 5 nitrogen and oxygen atoms in total. The zero-order valence-electron chi connectivity index (χ0n) is 13.3. The number of morpholine rings is 1. The number of nitrogens with zero attached hydrogens (tertiary/aromatic N) is 4. The summed E-state index contributed by atoms with van der Waals surface area (Å²) in [6, 6.07) is 0.564. The Kier molecular flexibility index (Phi) is 4.78.